The molecule has 0 saturated carbocycles. The van der Waals surface area contributed by atoms with Crippen LogP contribution in [0.3, 0.4) is 0 Å². The highest BCUT2D eigenvalue weighted by molar-refractivity contribution is 5.85. The monoisotopic (exact) mass is 234 g/mol. The molecular formula is C10H19ClN2O2. The van der Waals surface area contributed by atoms with E-state index in [0.29, 0.717) is 19.1 Å². The molecule has 4 nitrogen and oxygen atoms in total. The molecule has 2 saturated heterocycles. The third kappa shape index (κ3) is 2.83. The van der Waals surface area contributed by atoms with E-state index in [4.69, 9.17) is 5.11 Å². The number of nitrogens with zero attached hydrogens (tertiary/aromatic N) is 1. The predicted octanol–water partition coefficient (Wildman–Crippen LogP) is -0.000600. The number of halogens is 1. The van der Waals surface area contributed by atoms with Gasteiger partial charge in [-0.1, -0.05) is 0 Å². The predicted molar refractivity (Wildman–Crippen MR) is 60.0 cm³/mol. The number of nitrogens with one attached hydrogen (secondary N) is 1. The highest BCUT2D eigenvalue weighted by Gasteiger charge is 2.34. The maximum Gasteiger partial charge on any atom is 0.225 e. The van der Waals surface area contributed by atoms with Crippen molar-refractivity contribution in [2.24, 2.45) is 5.92 Å². The van der Waals surface area contributed by atoms with Gasteiger partial charge in [-0.05, 0) is 26.3 Å². The quantitative estimate of drug-likeness (QED) is 0.672. The SMILES string of the molecule is C[C@H]1C[C@@H](C(=O)N2CC(O)C2)CCN1.Cl. The second kappa shape index (κ2) is 5.14. The number of aliphatic hydroxyl groups is 1. The molecular weight excluding hydrogens is 216 g/mol. The summed E-state index contributed by atoms with van der Waals surface area (Å²) in [6, 6.07) is 0.448. The van der Waals surface area contributed by atoms with Crippen LogP contribution in [0.1, 0.15) is 19.8 Å². The number of amides is 1. The van der Waals surface area contributed by atoms with Crippen LogP contribution in [0.4, 0.5) is 0 Å². The average molecular weight is 235 g/mol. The van der Waals surface area contributed by atoms with E-state index in [0.717, 1.165) is 19.4 Å². The molecule has 0 aliphatic carbocycles. The highest BCUT2D eigenvalue weighted by Crippen LogP contribution is 2.21. The molecule has 0 bridgehead atoms. The Morgan fingerprint density at radius 2 is 2.13 bits per heavy atom. The number of hydrogen-bond acceptors (Lipinski definition) is 3. The summed E-state index contributed by atoms with van der Waals surface area (Å²) < 4.78 is 0. The van der Waals surface area contributed by atoms with Gasteiger partial charge < -0.3 is 15.3 Å². The summed E-state index contributed by atoms with van der Waals surface area (Å²) in [4.78, 5) is 13.6. The van der Waals surface area contributed by atoms with E-state index in [1.54, 1.807) is 4.90 Å². The molecule has 1 amide bonds. The number of piperidine rings is 1. The molecule has 2 fully saturated rings. The van der Waals surface area contributed by atoms with Crippen LogP contribution < -0.4 is 5.32 Å². The summed E-state index contributed by atoms with van der Waals surface area (Å²) in [5, 5.41) is 12.4. The maximum absolute atomic E-state index is 11.9. The number of β-amino-alcohol motifs (C(OH)–C–C–N with tert-alkyl or cyclic N) is 1. The Bertz CT molecular complexity index is 231. The summed E-state index contributed by atoms with van der Waals surface area (Å²) in [7, 11) is 0. The largest absolute Gasteiger partial charge is 0.389 e. The maximum atomic E-state index is 11.9. The lowest BCUT2D eigenvalue weighted by Crippen LogP contribution is -2.56. The highest BCUT2D eigenvalue weighted by atomic mass is 35.5. The van der Waals surface area contributed by atoms with Gasteiger partial charge in [0.25, 0.3) is 0 Å². The first-order chi connectivity index (χ1) is 6.66. The van der Waals surface area contributed by atoms with Crippen molar-refractivity contribution in [1.82, 2.24) is 10.2 Å². The topological polar surface area (TPSA) is 52.6 Å². The average Bonchev–Trinajstić information content (AvgIpc) is 2.12. The van der Waals surface area contributed by atoms with Crippen LogP contribution in [-0.2, 0) is 4.79 Å². The van der Waals surface area contributed by atoms with Crippen LogP contribution in [0.25, 0.3) is 0 Å². The van der Waals surface area contributed by atoms with E-state index in [1.165, 1.54) is 0 Å². The second-order valence-electron chi connectivity index (χ2n) is 4.47. The van der Waals surface area contributed by atoms with E-state index >= 15 is 0 Å². The van der Waals surface area contributed by atoms with Crippen molar-refractivity contribution in [1.29, 1.82) is 0 Å². The standard InChI is InChI=1S/C10H18N2O2.ClH/c1-7-4-8(2-3-11-7)10(14)12-5-9(13)6-12;/h7-9,11,13H,2-6H2,1H3;1H/t7-,8-;/m0./s1. The van der Waals surface area contributed by atoms with Gasteiger partial charge in [0.1, 0.15) is 0 Å². The Morgan fingerprint density at radius 3 is 2.67 bits per heavy atom. The van der Waals surface area contributed by atoms with Gasteiger partial charge in [0.05, 0.1) is 6.10 Å². The van der Waals surface area contributed by atoms with Crippen molar-refractivity contribution in [3.63, 3.8) is 0 Å². The molecule has 0 radical (unpaired) electrons. The molecule has 5 heteroatoms. The molecule has 15 heavy (non-hydrogen) atoms. The number of carbonyl (C=O) groups excluding carboxylic acids is 1. The molecule has 2 heterocycles. The number of likely N-dealkylation sites (tertiary alicyclic amines) is 1. The van der Waals surface area contributed by atoms with Crippen molar-refractivity contribution in [3.05, 3.63) is 0 Å². The smallest absolute Gasteiger partial charge is 0.225 e. The van der Waals surface area contributed by atoms with E-state index in [9.17, 15) is 4.79 Å². The van der Waals surface area contributed by atoms with Gasteiger partial charge in [-0.15, -0.1) is 12.4 Å². The van der Waals surface area contributed by atoms with Gasteiger partial charge in [-0.25, -0.2) is 0 Å². The lowest BCUT2D eigenvalue weighted by atomic mass is 9.91. The van der Waals surface area contributed by atoms with Crippen LogP contribution in [0.5, 0.6) is 0 Å². The van der Waals surface area contributed by atoms with Gasteiger partial charge in [0.15, 0.2) is 0 Å². The van der Waals surface area contributed by atoms with E-state index < -0.39 is 0 Å². The molecule has 0 aromatic rings. The molecule has 0 aromatic heterocycles. The zero-order valence-electron chi connectivity index (χ0n) is 8.98. The van der Waals surface area contributed by atoms with Gasteiger partial charge >= 0.3 is 0 Å². The lowest BCUT2D eigenvalue weighted by molar-refractivity contribution is -0.146. The minimum Gasteiger partial charge on any atom is -0.389 e. The van der Waals surface area contributed by atoms with Crippen molar-refractivity contribution in [2.45, 2.75) is 31.9 Å². The molecule has 2 atom stereocenters. The summed E-state index contributed by atoms with van der Waals surface area (Å²) in [5.74, 6) is 0.419. The van der Waals surface area contributed by atoms with E-state index in [-0.39, 0.29) is 30.3 Å². The lowest BCUT2D eigenvalue weighted by Gasteiger charge is -2.39. The molecule has 0 spiro atoms. The second-order valence-corrected chi connectivity index (χ2v) is 4.47. The van der Waals surface area contributed by atoms with Gasteiger partial charge in [-0.2, -0.15) is 0 Å². The number of carbonyl (C=O) groups is 1. The third-order valence-electron chi connectivity index (χ3n) is 3.15. The summed E-state index contributed by atoms with van der Waals surface area (Å²) in [6.07, 6.45) is 1.60. The Labute approximate surface area is 96.4 Å². The minimum atomic E-state index is -0.280. The van der Waals surface area contributed by atoms with Gasteiger partial charge in [-0.3, -0.25) is 4.79 Å². The van der Waals surface area contributed by atoms with Crippen LogP contribution in [-0.4, -0.2) is 47.7 Å². The first kappa shape index (κ1) is 12.7. The first-order valence-electron chi connectivity index (χ1n) is 5.37. The van der Waals surface area contributed by atoms with E-state index in [2.05, 4.69) is 12.2 Å². The molecule has 2 rings (SSSR count). The Kier molecular flexibility index (Phi) is 4.37. The zero-order valence-corrected chi connectivity index (χ0v) is 9.80. The van der Waals surface area contributed by atoms with Crippen LogP contribution >= 0.6 is 12.4 Å². The first-order valence-corrected chi connectivity index (χ1v) is 5.37. The van der Waals surface area contributed by atoms with Crippen LogP contribution in [0, 0.1) is 5.92 Å². The van der Waals surface area contributed by atoms with Crippen molar-refractivity contribution in [2.75, 3.05) is 19.6 Å². The minimum absolute atomic E-state index is 0. The Morgan fingerprint density at radius 1 is 1.47 bits per heavy atom. The fraction of sp³-hybridized carbons (Fsp3) is 0.900. The third-order valence-corrected chi connectivity index (χ3v) is 3.15. The molecule has 2 aliphatic heterocycles. The fourth-order valence-electron chi connectivity index (χ4n) is 2.25. The number of rotatable bonds is 1. The summed E-state index contributed by atoms with van der Waals surface area (Å²) in [6.45, 7) is 4.13. The molecule has 2 aliphatic rings. The van der Waals surface area contributed by atoms with E-state index in [1.807, 2.05) is 0 Å². The molecule has 88 valence electrons. The fourth-order valence-corrected chi connectivity index (χ4v) is 2.25. The summed E-state index contributed by atoms with van der Waals surface area (Å²) in [5.41, 5.74) is 0. The van der Waals surface area contributed by atoms with Crippen molar-refractivity contribution >= 4 is 18.3 Å². The van der Waals surface area contributed by atoms with Crippen molar-refractivity contribution < 1.29 is 9.90 Å². The number of hydrogen-bond donors (Lipinski definition) is 2. The van der Waals surface area contributed by atoms with Crippen molar-refractivity contribution in [3.8, 4) is 0 Å². The summed E-state index contributed by atoms with van der Waals surface area (Å²) >= 11 is 0. The molecule has 0 unspecified atom stereocenters. The Balaban J connectivity index is 0.00000112. The van der Waals surface area contributed by atoms with Crippen LogP contribution in [0.2, 0.25) is 0 Å². The van der Waals surface area contributed by atoms with Gasteiger partial charge in [0.2, 0.25) is 5.91 Å². The zero-order chi connectivity index (χ0) is 10.1. The molecule has 2 N–H and O–H groups in total. The molecule has 0 aromatic carbocycles. The Hall–Kier alpha value is -0.320. The van der Waals surface area contributed by atoms with Gasteiger partial charge in [0, 0.05) is 25.0 Å². The van der Waals surface area contributed by atoms with Crippen LogP contribution in [0.15, 0.2) is 0 Å². The number of aliphatic hydroxyl groups excluding tert-OH is 1. The normalized spacial score (nSPS) is 31.7.